The first-order valence-corrected chi connectivity index (χ1v) is 11.1. The van der Waals surface area contributed by atoms with Gasteiger partial charge in [-0.3, -0.25) is 4.79 Å². The van der Waals surface area contributed by atoms with Gasteiger partial charge < -0.3 is 4.90 Å². The Balaban J connectivity index is 1.60. The summed E-state index contributed by atoms with van der Waals surface area (Å²) in [7, 11) is -3.54. The van der Waals surface area contributed by atoms with E-state index in [2.05, 4.69) is 18.4 Å². The van der Waals surface area contributed by atoms with Gasteiger partial charge in [0.2, 0.25) is 15.9 Å². The number of thiophene rings is 1. The molecule has 1 unspecified atom stereocenters. The fraction of sp³-hybridized carbons (Fsp3) is 0.421. The Hall–Kier alpha value is -1.70. The molecule has 1 aromatic carbocycles. The minimum Gasteiger partial charge on any atom is -0.312 e. The van der Waals surface area contributed by atoms with Gasteiger partial charge in [-0.05, 0) is 60.4 Å². The maximum Gasteiger partial charge on any atom is 0.243 e. The number of carbonyl (C=O) groups excluding carboxylic acids is 1. The number of nitrogens with zero attached hydrogens (tertiary/aromatic N) is 2. The van der Waals surface area contributed by atoms with Gasteiger partial charge in [0.15, 0.2) is 0 Å². The lowest BCUT2D eigenvalue weighted by Gasteiger charge is -2.19. The molecule has 26 heavy (non-hydrogen) atoms. The maximum absolute atomic E-state index is 13.1. The molecule has 2 aromatic rings. The Kier molecular flexibility index (Phi) is 4.41. The molecule has 1 atom stereocenters. The van der Waals surface area contributed by atoms with Gasteiger partial charge in [0.25, 0.3) is 0 Å². The van der Waals surface area contributed by atoms with Gasteiger partial charge >= 0.3 is 0 Å². The number of amides is 1. The fourth-order valence-corrected chi connectivity index (χ4v) is 6.20. The third kappa shape index (κ3) is 2.98. The maximum atomic E-state index is 13.1. The number of anilines is 1. The van der Waals surface area contributed by atoms with Gasteiger partial charge in [0.1, 0.15) is 0 Å². The third-order valence-electron chi connectivity index (χ3n) is 5.34. The molecule has 138 valence electrons. The van der Waals surface area contributed by atoms with Crippen LogP contribution in [0.15, 0.2) is 34.5 Å². The molecule has 1 aromatic heterocycles. The van der Waals surface area contributed by atoms with Crippen LogP contribution in [0.1, 0.15) is 35.3 Å². The Morgan fingerprint density at radius 3 is 2.73 bits per heavy atom. The molecule has 0 N–H and O–H groups in total. The number of hydrogen-bond donors (Lipinski definition) is 0. The van der Waals surface area contributed by atoms with E-state index in [1.165, 1.54) is 17.4 Å². The average molecular weight is 391 g/mol. The van der Waals surface area contributed by atoms with E-state index in [4.69, 9.17) is 0 Å². The van der Waals surface area contributed by atoms with Gasteiger partial charge in [-0.1, -0.05) is 6.07 Å². The van der Waals surface area contributed by atoms with Crippen LogP contribution in [0.25, 0.3) is 0 Å². The molecule has 3 heterocycles. The summed E-state index contributed by atoms with van der Waals surface area (Å²) in [5.41, 5.74) is 3.01. The molecule has 1 amide bonds. The Labute approximate surface area is 158 Å². The molecule has 2 aliphatic rings. The second-order valence-corrected chi connectivity index (χ2v) is 10.1. The van der Waals surface area contributed by atoms with Crippen LogP contribution >= 0.6 is 11.3 Å². The minimum absolute atomic E-state index is 0.0487. The summed E-state index contributed by atoms with van der Waals surface area (Å²) in [4.78, 5) is 15.0. The number of aryl methyl sites for hydroxylation is 1. The predicted octanol–water partition coefficient (Wildman–Crippen LogP) is 3.14. The fourth-order valence-electron chi connectivity index (χ4n) is 3.89. The molecule has 5 nitrogen and oxygen atoms in total. The second-order valence-electron chi connectivity index (χ2n) is 7.05. The highest BCUT2D eigenvalue weighted by Crippen LogP contribution is 2.35. The first-order chi connectivity index (χ1) is 12.4. The number of benzene rings is 1. The average Bonchev–Trinajstić information content (AvgIpc) is 3.32. The highest BCUT2D eigenvalue weighted by Gasteiger charge is 2.34. The highest BCUT2D eigenvalue weighted by molar-refractivity contribution is 7.89. The van der Waals surface area contributed by atoms with Crippen molar-refractivity contribution in [3.63, 3.8) is 0 Å². The van der Waals surface area contributed by atoms with Crippen molar-refractivity contribution in [2.75, 3.05) is 24.5 Å². The Morgan fingerprint density at radius 1 is 1.23 bits per heavy atom. The van der Waals surface area contributed by atoms with E-state index in [-0.39, 0.29) is 16.7 Å². The molecule has 0 aliphatic carbocycles. The van der Waals surface area contributed by atoms with Gasteiger partial charge in [0, 0.05) is 37.1 Å². The topological polar surface area (TPSA) is 57.7 Å². The zero-order chi connectivity index (χ0) is 18.5. The van der Waals surface area contributed by atoms with E-state index in [0.717, 1.165) is 24.1 Å². The number of rotatable bonds is 3. The van der Waals surface area contributed by atoms with Gasteiger partial charge in [0.05, 0.1) is 4.90 Å². The summed E-state index contributed by atoms with van der Waals surface area (Å²) >= 11 is 1.71. The monoisotopic (exact) mass is 390 g/mol. The van der Waals surface area contributed by atoms with Crippen molar-refractivity contribution in [1.29, 1.82) is 0 Å². The molecule has 2 aliphatic heterocycles. The van der Waals surface area contributed by atoms with Gasteiger partial charge in [-0.25, -0.2) is 8.42 Å². The molecule has 0 spiro atoms. The van der Waals surface area contributed by atoms with E-state index in [9.17, 15) is 13.2 Å². The molecule has 7 heteroatoms. The lowest BCUT2D eigenvalue weighted by Crippen LogP contribution is -2.29. The van der Waals surface area contributed by atoms with Crippen LogP contribution in [0, 0.1) is 6.92 Å². The smallest absolute Gasteiger partial charge is 0.243 e. The summed E-state index contributed by atoms with van der Waals surface area (Å²) in [6.07, 6.45) is 1.62. The van der Waals surface area contributed by atoms with E-state index in [1.807, 2.05) is 6.07 Å². The van der Waals surface area contributed by atoms with E-state index in [1.54, 1.807) is 32.7 Å². The molecule has 4 rings (SSSR count). The number of sulfonamides is 1. The zero-order valence-electron chi connectivity index (χ0n) is 14.9. The highest BCUT2D eigenvalue weighted by atomic mass is 32.2. The van der Waals surface area contributed by atoms with Crippen LogP contribution in [-0.4, -0.2) is 38.3 Å². The zero-order valence-corrected chi connectivity index (χ0v) is 16.6. The summed E-state index contributed by atoms with van der Waals surface area (Å²) < 4.78 is 27.8. The summed E-state index contributed by atoms with van der Waals surface area (Å²) in [6, 6.07) is 7.35. The number of carbonyl (C=O) groups is 1. The van der Waals surface area contributed by atoms with Crippen LogP contribution in [0.3, 0.4) is 0 Å². The largest absolute Gasteiger partial charge is 0.312 e. The van der Waals surface area contributed by atoms with Crippen LogP contribution in [0.5, 0.6) is 0 Å². The number of fused-ring (bicyclic) bond motifs is 1. The molecule has 1 saturated heterocycles. The first kappa shape index (κ1) is 17.7. The first-order valence-electron chi connectivity index (χ1n) is 8.82. The van der Waals surface area contributed by atoms with E-state index in [0.29, 0.717) is 19.6 Å². The van der Waals surface area contributed by atoms with Gasteiger partial charge in [-0.2, -0.15) is 4.31 Å². The predicted molar refractivity (Wildman–Crippen MR) is 103 cm³/mol. The quantitative estimate of drug-likeness (QED) is 0.809. The van der Waals surface area contributed by atoms with E-state index < -0.39 is 10.0 Å². The van der Waals surface area contributed by atoms with Crippen LogP contribution in [-0.2, 0) is 21.2 Å². The van der Waals surface area contributed by atoms with Crippen molar-refractivity contribution < 1.29 is 13.2 Å². The van der Waals surface area contributed by atoms with Crippen LogP contribution in [0.4, 0.5) is 5.69 Å². The van der Waals surface area contributed by atoms with Crippen molar-refractivity contribution >= 4 is 33.0 Å². The molecular formula is C19H22N2O3S2. The standard InChI is InChI=1S/C19H22N2O3S2/c1-13-9-17(12-25-13)16-5-7-20(11-16)26(23,24)18-4-3-15-6-8-21(14(2)22)19(15)10-18/h3-4,9-10,12,16H,5-8,11H2,1-2H3. The van der Waals surface area contributed by atoms with Crippen molar-refractivity contribution in [3.05, 3.63) is 45.6 Å². The molecule has 0 radical (unpaired) electrons. The van der Waals surface area contributed by atoms with Crippen LogP contribution < -0.4 is 4.90 Å². The molecule has 0 bridgehead atoms. The lowest BCUT2D eigenvalue weighted by atomic mass is 10.0. The molecule has 0 saturated carbocycles. The molecule has 1 fully saturated rings. The lowest BCUT2D eigenvalue weighted by molar-refractivity contribution is -0.116. The third-order valence-corrected chi connectivity index (χ3v) is 8.08. The van der Waals surface area contributed by atoms with Crippen molar-refractivity contribution in [2.45, 2.75) is 37.5 Å². The van der Waals surface area contributed by atoms with Gasteiger partial charge in [-0.15, -0.1) is 11.3 Å². The molecular weight excluding hydrogens is 368 g/mol. The van der Waals surface area contributed by atoms with Crippen molar-refractivity contribution in [1.82, 2.24) is 4.31 Å². The Bertz CT molecular complexity index is 965. The van der Waals surface area contributed by atoms with Crippen LogP contribution in [0.2, 0.25) is 0 Å². The van der Waals surface area contributed by atoms with Crippen molar-refractivity contribution in [2.24, 2.45) is 0 Å². The SMILES string of the molecule is CC(=O)N1CCc2ccc(S(=O)(=O)N3CCC(c4csc(C)c4)C3)cc21. The summed E-state index contributed by atoms with van der Waals surface area (Å²) in [6.45, 7) is 5.27. The summed E-state index contributed by atoms with van der Waals surface area (Å²) in [5.74, 6) is 0.213. The second kappa shape index (κ2) is 6.48. The minimum atomic E-state index is -3.54. The van der Waals surface area contributed by atoms with E-state index >= 15 is 0 Å². The number of hydrogen-bond acceptors (Lipinski definition) is 4. The summed E-state index contributed by atoms with van der Waals surface area (Å²) in [5, 5.41) is 2.14. The van der Waals surface area contributed by atoms with Crippen molar-refractivity contribution in [3.8, 4) is 0 Å². The Morgan fingerprint density at radius 2 is 2.04 bits per heavy atom. The normalized spacial score (nSPS) is 20.5.